The van der Waals surface area contributed by atoms with Gasteiger partial charge in [-0.2, -0.15) is 0 Å². The van der Waals surface area contributed by atoms with Crippen LogP contribution in [0.4, 0.5) is 0 Å². The third-order valence-electron chi connectivity index (χ3n) is 3.34. The highest BCUT2D eigenvalue weighted by molar-refractivity contribution is 6.30. The first-order valence-corrected chi connectivity index (χ1v) is 7.24. The van der Waals surface area contributed by atoms with E-state index in [9.17, 15) is 4.79 Å². The van der Waals surface area contributed by atoms with Gasteiger partial charge in [0, 0.05) is 18.2 Å². The second-order valence-corrected chi connectivity index (χ2v) is 5.36. The number of carbonyl (C=O) groups is 1. The summed E-state index contributed by atoms with van der Waals surface area (Å²) in [7, 11) is 0. The molecule has 0 radical (unpaired) electrons. The Morgan fingerprint density at radius 1 is 1.32 bits per heavy atom. The van der Waals surface area contributed by atoms with Crippen LogP contribution in [0.25, 0.3) is 0 Å². The Bertz CT molecular complexity index is 399. The molecule has 1 atom stereocenters. The predicted octanol–water partition coefficient (Wildman–Crippen LogP) is 2.96. The molecule has 4 heteroatoms. The molecule has 1 saturated heterocycles. The van der Waals surface area contributed by atoms with Gasteiger partial charge in [-0.1, -0.05) is 23.7 Å². The topological polar surface area (TPSA) is 38.3 Å². The van der Waals surface area contributed by atoms with Crippen molar-refractivity contribution in [2.45, 2.75) is 38.2 Å². The number of hydrogen-bond acceptors (Lipinski definition) is 2. The fourth-order valence-corrected chi connectivity index (χ4v) is 2.37. The van der Waals surface area contributed by atoms with Gasteiger partial charge >= 0.3 is 0 Å². The van der Waals surface area contributed by atoms with Crippen molar-refractivity contribution in [3.05, 3.63) is 34.9 Å². The van der Waals surface area contributed by atoms with Crippen molar-refractivity contribution in [3.63, 3.8) is 0 Å². The van der Waals surface area contributed by atoms with Crippen molar-refractivity contribution >= 4 is 17.5 Å². The molecule has 0 saturated carbocycles. The van der Waals surface area contributed by atoms with Crippen molar-refractivity contribution in [1.82, 2.24) is 5.32 Å². The zero-order valence-electron chi connectivity index (χ0n) is 11.0. The molecule has 1 unspecified atom stereocenters. The maximum Gasteiger partial charge on any atom is 0.222 e. The van der Waals surface area contributed by atoms with E-state index < -0.39 is 0 Å². The molecule has 1 amide bonds. The third kappa shape index (κ3) is 5.21. The van der Waals surface area contributed by atoms with Gasteiger partial charge < -0.3 is 10.1 Å². The Morgan fingerprint density at radius 2 is 2.11 bits per heavy atom. The largest absolute Gasteiger partial charge is 0.378 e. The van der Waals surface area contributed by atoms with E-state index in [4.69, 9.17) is 16.3 Å². The first kappa shape index (κ1) is 14.4. The summed E-state index contributed by atoms with van der Waals surface area (Å²) >= 11 is 5.82. The normalized spacial score (nSPS) is 19.1. The predicted molar refractivity (Wildman–Crippen MR) is 76.4 cm³/mol. The standard InChI is InChI=1S/C15H20ClNO2/c16-13-6-4-12(5-7-13)8-9-17-15(18)11-14-3-1-2-10-19-14/h4-7,14H,1-3,8-11H2,(H,17,18). The lowest BCUT2D eigenvalue weighted by molar-refractivity contribution is -0.124. The second kappa shape index (κ2) is 7.51. The fourth-order valence-electron chi connectivity index (χ4n) is 2.24. The van der Waals surface area contributed by atoms with Gasteiger partial charge in [0.15, 0.2) is 0 Å². The molecular weight excluding hydrogens is 262 g/mol. The number of carbonyl (C=O) groups excluding carboxylic acids is 1. The van der Waals surface area contributed by atoms with Crippen LogP contribution in [0.15, 0.2) is 24.3 Å². The first-order valence-electron chi connectivity index (χ1n) is 6.87. The minimum atomic E-state index is 0.0841. The van der Waals surface area contributed by atoms with Crippen LogP contribution < -0.4 is 5.32 Å². The summed E-state index contributed by atoms with van der Waals surface area (Å²) < 4.78 is 5.55. The Labute approximate surface area is 119 Å². The molecule has 0 aromatic heterocycles. The lowest BCUT2D eigenvalue weighted by Crippen LogP contribution is -2.31. The monoisotopic (exact) mass is 281 g/mol. The van der Waals surface area contributed by atoms with Crippen molar-refractivity contribution < 1.29 is 9.53 Å². The minimum absolute atomic E-state index is 0.0841. The number of halogens is 1. The Morgan fingerprint density at radius 3 is 2.79 bits per heavy atom. The molecule has 0 spiro atoms. The van der Waals surface area contributed by atoms with Crippen LogP contribution in [0.2, 0.25) is 5.02 Å². The molecule has 3 nitrogen and oxygen atoms in total. The Kier molecular flexibility index (Phi) is 5.67. The molecule has 1 heterocycles. The van der Waals surface area contributed by atoms with Crippen LogP contribution in [0, 0.1) is 0 Å². The lowest BCUT2D eigenvalue weighted by atomic mass is 10.1. The fraction of sp³-hybridized carbons (Fsp3) is 0.533. The highest BCUT2D eigenvalue weighted by atomic mass is 35.5. The first-order chi connectivity index (χ1) is 9.24. The van der Waals surface area contributed by atoms with Gasteiger partial charge in [-0.15, -0.1) is 0 Å². The summed E-state index contributed by atoms with van der Waals surface area (Å²) in [5.41, 5.74) is 1.18. The zero-order valence-corrected chi connectivity index (χ0v) is 11.8. The number of amides is 1. The number of hydrogen-bond donors (Lipinski definition) is 1. The molecule has 1 fully saturated rings. The smallest absolute Gasteiger partial charge is 0.222 e. The zero-order chi connectivity index (χ0) is 13.5. The lowest BCUT2D eigenvalue weighted by Gasteiger charge is -2.21. The molecule has 0 bridgehead atoms. The van der Waals surface area contributed by atoms with Crippen molar-refractivity contribution in [3.8, 4) is 0 Å². The summed E-state index contributed by atoms with van der Waals surface area (Å²) in [5, 5.41) is 3.68. The number of ether oxygens (including phenoxy) is 1. The molecule has 1 aliphatic heterocycles. The van der Waals surface area contributed by atoms with Crippen LogP contribution >= 0.6 is 11.6 Å². The molecule has 104 valence electrons. The number of nitrogens with one attached hydrogen (secondary N) is 1. The van der Waals surface area contributed by atoms with Crippen LogP contribution in [-0.4, -0.2) is 25.2 Å². The Balaban J connectivity index is 1.64. The highest BCUT2D eigenvalue weighted by Crippen LogP contribution is 2.15. The van der Waals surface area contributed by atoms with Crippen LogP contribution in [0.3, 0.4) is 0 Å². The van der Waals surface area contributed by atoms with Gasteiger partial charge in [0.2, 0.25) is 5.91 Å². The van der Waals surface area contributed by atoms with Crippen molar-refractivity contribution in [2.75, 3.05) is 13.2 Å². The molecule has 1 aliphatic rings. The molecule has 1 N–H and O–H groups in total. The minimum Gasteiger partial charge on any atom is -0.378 e. The van der Waals surface area contributed by atoms with E-state index in [2.05, 4.69) is 5.32 Å². The number of benzene rings is 1. The highest BCUT2D eigenvalue weighted by Gasteiger charge is 2.17. The Hall–Kier alpha value is -1.06. The average molecular weight is 282 g/mol. The van der Waals surface area contributed by atoms with E-state index in [1.54, 1.807) is 0 Å². The van der Waals surface area contributed by atoms with Gasteiger partial charge in [0.05, 0.1) is 12.5 Å². The summed E-state index contributed by atoms with van der Waals surface area (Å²) in [6.45, 7) is 1.45. The molecule has 1 aromatic carbocycles. The van der Waals surface area contributed by atoms with E-state index in [1.165, 1.54) is 12.0 Å². The van der Waals surface area contributed by atoms with E-state index in [0.29, 0.717) is 13.0 Å². The summed E-state index contributed by atoms with van der Waals surface area (Å²) in [4.78, 5) is 11.7. The van der Waals surface area contributed by atoms with E-state index in [-0.39, 0.29) is 12.0 Å². The summed E-state index contributed by atoms with van der Waals surface area (Å²) in [6.07, 6.45) is 4.72. The van der Waals surface area contributed by atoms with Gasteiger partial charge in [-0.3, -0.25) is 4.79 Å². The van der Waals surface area contributed by atoms with Crippen LogP contribution in [0.5, 0.6) is 0 Å². The second-order valence-electron chi connectivity index (χ2n) is 4.92. The molecule has 0 aliphatic carbocycles. The van der Waals surface area contributed by atoms with Crippen molar-refractivity contribution in [2.24, 2.45) is 0 Å². The number of rotatable bonds is 5. The van der Waals surface area contributed by atoms with Gasteiger partial charge in [-0.05, 0) is 43.4 Å². The summed E-state index contributed by atoms with van der Waals surface area (Å²) in [5.74, 6) is 0.0841. The van der Waals surface area contributed by atoms with Gasteiger partial charge in [0.1, 0.15) is 0 Å². The van der Waals surface area contributed by atoms with Gasteiger partial charge in [-0.25, -0.2) is 0 Å². The van der Waals surface area contributed by atoms with Crippen molar-refractivity contribution in [1.29, 1.82) is 0 Å². The molecular formula is C15H20ClNO2. The summed E-state index contributed by atoms with van der Waals surface area (Å²) in [6, 6.07) is 7.71. The SMILES string of the molecule is O=C(CC1CCCCO1)NCCc1ccc(Cl)cc1. The molecule has 1 aromatic rings. The molecule has 2 rings (SSSR count). The van der Waals surface area contributed by atoms with E-state index in [0.717, 1.165) is 30.9 Å². The van der Waals surface area contributed by atoms with Gasteiger partial charge in [0.25, 0.3) is 0 Å². The van der Waals surface area contributed by atoms with E-state index in [1.807, 2.05) is 24.3 Å². The maximum atomic E-state index is 11.7. The van der Waals surface area contributed by atoms with Crippen LogP contribution in [-0.2, 0) is 16.0 Å². The third-order valence-corrected chi connectivity index (χ3v) is 3.59. The maximum absolute atomic E-state index is 11.7. The average Bonchev–Trinajstić information content (AvgIpc) is 2.42. The van der Waals surface area contributed by atoms with Crippen LogP contribution in [0.1, 0.15) is 31.2 Å². The quantitative estimate of drug-likeness (QED) is 0.901. The van der Waals surface area contributed by atoms with E-state index >= 15 is 0 Å². The molecule has 19 heavy (non-hydrogen) atoms.